The molecular formula is C12H17BrFN3O. The minimum absolute atomic E-state index is 0.0134. The van der Waals surface area contributed by atoms with Gasteiger partial charge in [0, 0.05) is 33.1 Å². The average Bonchev–Trinajstić information content (AvgIpc) is 2.58. The molecule has 2 heterocycles. The molecule has 18 heavy (non-hydrogen) atoms. The van der Waals surface area contributed by atoms with Gasteiger partial charge in [-0.05, 0) is 22.4 Å². The van der Waals surface area contributed by atoms with E-state index in [4.69, 9.17) is 0 Å². The molecule has 0 atom stereocenters. The van der Waals surface area contributed by atoms with E-state index >= 15 is 0 Å². The first-order chi connectivity index (χ1) is 8.52. The fourth-order valence-corrected chi connectivity index (χ4v) is 3.00. The Morgan fingerprint density at radius 3 is 2.72 bits per heavy atom. The van der Waals surface area contributed by atoms with Gasteiger partial charge < -0.3 is 0 Å². The molecule has 2 rings (SSSR count). The van der Waals surface area contributed by atoms with Crippen LogP contribution in [0.15, 0.2) is 4.47 Å². The minimum Gasteiger partial charge on any atom is -0.297 e. The number of alkyl halides is 1. The molecule has 100 valence electrons. The first kappa shape index (κ1) is 13.7. The molecular weight excluding hydrogens is 301 g/mol. The van der Waals surface area contributed by atoms with Gasteiger partial charge in [-0.2, -0.15) is 5.10 Å². The maximum absolute atomic E-state index is 12.6. The maximum Gasteiger partial charge on any atom is 0.185 e. The summed E-state index contributed by atoms with van der Waals surface area (Å²) in [7, 11) is 1.84. The maximum atomic E-state index is 12.6. The van der Waals surface area contributed by atoms with E-state index in [2.05, 4.69) is 21.0 Å². The first-order valence-electron chi connectivity index (χ1n) is 6.14. The molecule has 0 bridgehead atoms. The molecule has 1 aromatic heterocycles. The van der Waals surface area contributed by atoms with E-state index in [0.717, 1.165) is 16.6 Å². The lowest BCUT2D eigenvalue weighted by Gasteiger charge is -2.33. The van der Waals surface area contributed by atoms with Crippen LogP contribution in [0.4, 0.5) is 4.39 Å². The van der Waals surface area contributed by atoms with Crippen molar-refractivity contribution in [3.8, 4) is 0 Å². The van der Waals surface area contributed by atoms with Crippen molar-refractivity contribution >= 4 is 21.7 Å². The summed E-state index contributed by atoms with van der Waals surface area (Å²) in [5, 5.41) is 4.25. The van der Waals surface area contributed by atoms with Gasteiger partial charge in [0.15, 0.2) is 5.78 Å². The summed E-state index contributed by atoms with van der Waals surface area (Å²) in [5.74, 6) is 0.0134. The fourth-order valence-electron chi connectivity index (χ4n) is 2.16. The third kappa shape index (κ3) is 2.64. The van der Waals surface area contributed by atoms with Crippen LogP contribution in [-0.4, -0.2) is 46.3 Å². The quantitative estimate of drug-likeness (QED) is 0.779. The van der Waals surface area contributed by atoms with Gasteiger partial charge in [-0.25, -0.2) is 4.39 Å². The van der Waals surface area contributed by atoms with Crippen LogP contribution in [0.2, 0.25) is 0 Å². The summed E-state index contributed by atoms with van der Waals surface area (Å²) in [5.41, 5.74) is 1.51. The Balaban J connectivity index is 1.96. The Morgan fingerprint density at radius 1 is 1.56 bits per heavy atom. The molecule has 1 fully saturated rings. The number of nitrogens with zero attached hydrogens (tertiary/aromatic N) is 3. The second kappa shape index (κ2) is 5.48. The number of halogens is 2. The predicted molar refractivity (Wildman–Crippen MR) is 70.6 cm³/mol. The Kier molecular flexibility index (Phi) is 4.17. The topological polar surface area (TPSA) is 38.1 Å². The monoisotopic (exact) mass is 317 g/mol. The summed E-state index contributed by atoms with van der Waals surface area (Å²) < 4.78 is 15.2. The molecule has 0 spiro atoms. The molecule has 0 amide bonds. The van der Waals surface area contributed by atoms with Crippen molar-refractivity contribution in [1.82, 2.24) is 14.7 Å². The van der Waals surface area contributed by atoms with Crippen LogP contribution in [-0.2, 0) is 13.5 Å². The summed E-state index contributed by atoms with van der Waals surface area (Å²) in [6.45, 7) is 3.55. The zero-order valence-electron chi connectivity index (χ0n) is 10.6. The normalized spacial score (nSPS) is 16.9. The smallest absolute Gasteiger partial charge is 0.185 e. The van der Waals surface area contributed by atoms with E-state index in [1.165, 1.54) is 0 Å². The molecule has 0 radical (unpaired) electrons. The van der Waals surface area contributed by atoms with E-state index in [-0.39, 0.29) is 5.78 Å². The number of carbonyl (C=O) groups excluding carboxylic acids is 1. The van der Waals surface area contributed by atoms with Crippen molar-refractivity contribution in [2.45, 2.75) is 25.9 Å². The molecule has 0 N–H and O–H groups in total. The van der Waals surface area contributed by atoms with Crippen LogP contribution < -0.4 is 0 Å². The number of aryl methyl sites for hydroxylation is 1. The number of rotatable bonds is 5. The number of Topliss-reactive ketones (excluding diaryl/α,β-unsaturated/α-hetero) is 1. The van der Waals surface area contributed by atoms with Crippen molar-refractivity contribution in [1.29, 1.82) is 0 Å². The van der Waals surface area contributed by atoms with E-state index in [0.29, 0.717) is 31.7 Å². The van der Waals surface area contributed by atoms with Gasteiger partial charge in [-0.15, -0.1) is 0 Å². The Morgan fingerprint density at radius 2 is 2.22 bits per heavy atom. The third-order valence-corrected chi connectivity index (χ3v) is 4.10. The van der Waals surface area contributed by atoms with Crippen molar-refractivity contribution < 1.29 is 9.18 Å². The number of ketones is 1. The molecule has 1 aromatic rings. The fraction of sp³-hybridized carbons (Fsp3) is 0.667. The van der Waals surface area contributed by atoms with Gasteiger partial charge in [-0.3, -0.25) is 14.4 Å². The lowest BCUT2D eigenvalue weighted by molar-refractivity contribution is 0.0610. The van der Waals surface area contributed by atoms with E-state index in [1.807, 2.05) is 18.9 Å². The van der Waals surface area contributed by atoms with Crippen LogP contribution in [0.3, 0.4) is 0 Å². The van der Waals surface area contributed by atoms with Gasteiger partial charge in [0.1, 0.15) is 11.9 Å². The second-order valence-electron chi connectivity index (χ2n) is 4.62. The average molecular weight is 318 g/mol. The van der Waals surface area contributed by atoms with Gasteiger partial charge >= 0.3 is 0 Å². The van der Waals surface area contributed by atoms with Crippen LogP contribution in [0.1, 0.15) is 29.5 Å². The van der Waals surface area contributed by atoms with Crippen LogP contribution in [0.5, 0.6) is 0 Å². The molecule has 0 aromatic carbocycles. The highest BCUT2D eigenvalue weighted by Crippen LogP contribution is 2.23. The number of carbonyl (C=O) groups is 1. The molecule has 4 nitrogen and oxygen atoms in total. The van der Waals surface area contributed by atoms with E-state index in [9.17, 15) is 9.18 Å². The van der Waals surface area contributed by atoms with Crippen molar-refractivity contribution in [3.63, 3.8) is 0 Å². The van der Waals surface area contributed by atoms with Gasteiger partial charge in [0.2, 0.25) is 0 Å². The minimum atomic E-state index is -0.714. The zero-order chi connectivity index (χ0) is 13.3. The molecule has 1 saturated heterocycles. The van der Waals surface area contributed by atoms with E-state index in [1.54, 1.807) is 4.68 Å². The van der Waals surface area contributed by atoms with E-state index < -0.39 is 6.17 Å². The largest absolute Gasteiger partial charge is 0.297 e. The van der Waals surface area contributed by atoms with Crippen LogP contribution >= 0.6 is 15.9 Å². The lowest BCUT2D eigenvalue weighted by Crippen LogP contribution is -2.48. The highest BCUT2D eigenvalue weighted by atomic mass is 79.9. The lowest BCUT2D eigenvalue weighted by atomic mass is 10.1. The molecule has 0 aliphatic carbocycles. The zero-order valence-corrected chi connectivity index (χ0v) is 12.2. The standard InChI is InChI=1S/C12H17BrFN3O/c1-3-9-11(13)12(15-16(9)2)10(18)4-5-17-6-8(14)7-17/h8H,3-7H2,1-2H3. The summed E-state index contributed by atoms with van der Waals surface area (Å²) in [6, 6.07) is 0. The third-order valence-electron chi connectivity index (χ3n) is 3.27. The number of hydrogen-bond donors (Lipinski definition) is 0. The molecule has 0 saturated carbocycles. The Hall–Kier alpha value is -0.750. The Bertz CT molecular complexity index is 454. The predicted octanol–water partition coefficient (Wildman–Crippen LogP) is 1.97. The molecule has 1 aliphatic rings. The van der Waals surface area contributed by atoms with Gasteiger partial charge in [0.05, 0.1) is 10.2 Å². The van der Waals surface area contributed by atoms with Crippen molar-refractivity contribution in [3.05, 3.63) is 15.9 Å². The Labute approximate surface area is 114 Å². The molecule has 1 aliphatic heterocycles. The number of likely N-dealkylation sites (tertiary alicyclic amines) is 1. The van der Waals surface area contributed by atoms with Crippen molar-refractivity contribution in [2.24, 2.45) is 7.05 Å². The summed E-state index contributed by atoms with van der Waals surface area (Å²) >= 11 is 3.43. The highest BCUT2D eigenvalue weighted by molar-refractivity contribution is 9.10. The van der Waals surface area contributed by atoms with Crippen molar-refractivity contribution in [2.75, 3.05) is 19.6 Å². The SMILES string of the molecule is CCc1c(Br)c(C(=O)CCN2CC(F)C2)nn1C. The molecule has 0 unspecified atom stereocenters. The highest BCUT2D eigenvalue weighted by Gasteiger charge is 2.27. The summed E-state index contributed by atoms with van der Waals surface area (Å²) in [4.78, 5) is 14.0. The second-order valence-corrected chi connectivity index (χ2v) is 5.41. The van der Waals surface area contributed by atoms with Crippen LogP contribution in [0, 0.1) is 0 Å². The number of aromatic nitrogens is 2. The summed E-state index contributed by atoms with van der Waals surface area (Å²) in [6.07, 6.45) is 0.506. The molecule has 6 heteroatoms. The number of hydrogen-bond acceptors (Lipinski definition) is 3. The van der Waals surface area contributed by atoms with Gasteiger partial charge in [-0.1, -0.05) is 6.92 Å². The van der Waals surface area contributed by atoms with Crippen LogP contribution in [0.25, 0.3) is 0 Å². The van der Waals surface area contributed by atoms with Gasteiger partial charge in [0.25, 0.3) is 0 Å². The first-order valence-corrected chi connectivity index (χ1v) is 6.93.